The Morgan fingerprint density at radius 2 is 2.18 bits per heavy atom. The van der Waals surface area contributed by atoms with Crippen molar-refractivity contribution in [2.45, 2.75) is 13.3 Å². The lowest BCUT2D eigenvalue weighted by atomic mass is 10.1. The summed E-state index contributed by atoms with van der Waals surface area (Å²) < 4.78 is 0.878. The highest BCUT2D eigenvalue weighted by molar-refractivity contribution is 9.10. The largest absolute Gasteiger partial charge is 0.396 e. The van der Waals surface area contributed by atoms with E-state index in [1.54, 1.807) is 6.20 Å². The lowest BCUT2D eigenvalue weighted by molar-refractivity contribution is 1.14. The van der Waals surface area contributed by atoms with Gasteiger partial charge in [0.2, 0.25) is 0 Å². The number of aryl methyl sites for hydroxylation is 1. The molecule has 1 heterocycles. The Hall–Kier alpha value is -1.55. The van der Waals surface area contributed by atoms with Gasteiger partial charge in [-0.1, -0.05) is 19.1 Å². The molecule has 1 aromatic heterocycles. The molecule has 0 spiro atoms. The van der Waals surface area contributed by atoms with Gasteiger partial charge in [-0.3, -0.25) is 0 Å². The average Bonchev–Trinajstić information content (AvgIpc) is 2.33. The van der Waals surface area contributed by atoms with E-state index in [9.17, 15) is 0 Å². The smallest absolute Gasteiger partial charge is 0.153 e. The number of halogens is 1. The van der Waals surface area contributed by atoms with E-state index in [1.807, 2.05) is 18.2 Å². The van der Waals surface area contributed by atoms with E-state index in [-0.39, 0.29) is 0 Å². The highest BCUT2D eigenvalue weighted by Crippen LogP contribution is 2.24. The summed E-state index contributed by atoms with van der Waals surface area (Å²) in [4.78, 5) is 4.25. The van der Waals surface area contributed by atoms with Crippen molar-refractivity contribution in [1.82, 2.24) is 4.98 Å². The molecule has 0 aliphatic rings. The summed E-state index contributed by atoms with van der Waals surface area (Å²) in [5.41, 5.74) is 8.80. The molecule has 0 atom stereocenters. The summed E-state index contributed by atoms with van der Waals surface area (Å²) in [7, 11) is 0. The summed E-state index contributed by atoms with van der Waals surface area (Å²) >= 11 is 3.33. The zero-order valence-corrected chi connectivity index (χ0v) is 11.2. The number of nitrogens with one attached hydrogen (secondary N) is 1. The average molecular weight is 292 g/mol. The van der Waals surface area contributed by atoms with E-state index in [0.717, 1.165) is 16.6 Å². The first-order valence-corrected chi connectivity index (χ1v) is 6.25. The Morgan fingerprint density at radius 3 is 2.88 bits per heavy atom. The van der Waals surface area contributed by atoms with E-state index in [1.165, 1.54) is 5.56 Å². The number of hydrogen-bond donors (Lipinski definition) is 2. The lowest BCUT2D eigenvalue weighted by Gasteiger charge is -2.09. The third kappa shape index (κ3) is 2.97. The van der Waals surface area contributed by atoms with Crippen molar-refractivity contribution in [2.75, 3.05) is 11.1 Å². The van der Waals surface area contributed by atoms with E-state index < -0.39 is 0 Å². The van der Waals surface area contributed by atoms with Gasteiger partial charge in [0.25, 0.3) is 0 Å². The van der Waals surface area contributed by atoms with E-state index in [2.05, 4.69) is 45.3 Å². The molecule has 2 aromatic rings. The number of rotatable bonds is 3. The molecule has 2 rings (SSSR count). The van der Waals surface area contributed by atoms with E-state index in [0.29, 0.717) is 11.5 Å². The van der Waals surface area contributed by atoms with Gasteiger partial charge in [0.05, 0.1) is 5.69 Å². The fourth-order valence-electron chi connectivity index (χ4n) is 1.57. The predicted molar refractivity (Wildman–Crippen MR) is 75.5 cm³/mol. The first-order chi connectivity index (χ1) is 8.19. The third-order valence-corrected chi connectivity index (χ3v) is 2.92. The minimum atomic E-state index is 0.626. The van der Waals surface area contributed by atoms with Gasteiger partial charge in [0, 0.05) is 16.4 Å². The maximum Gasteiger partial charge on any atom is 0.153 e. The van der Waals surface area contributed by atoms with Crippen LogP contribution in [0.3, 0.4) is 0 Å². The molecular formula is C13H14BrN3. The van der Waals surface area contributed by atoms with Crippen LogP contribution in [0.25, 0.3) is 0 Å². The Bertz CT molecular complexity index is 526. The molecule has 0 saturated carbocycles. The van der Waals surface area contributed by atoms with Crippen molar-refractivity contribution in [3.05, 3.63) is 46.6 Å². The van der Waals surface area contributed by atoms with Crippen LogP contribution in [0.5, 0.6) is 0 Å². The SMILES string of the molecule is CCc1cccc(Nc2ncc(Br)cc2N)c1. The van der Waals surface area contributed by atoms with Gasteiger partial charge in [-0.15, -0.1) is 0 Å². The molecule has 0 amide bonds. The molecule has 0 radical (unpaired) electrons. The Kier molecular flexibility index (Phi) is 3.64. The fourth-order valence-corrected chi connectivity index (χ4v) is 1.91. The summed E-state index contributed by atoms with van der Waals surface area (Å²) in [6.07, 6.45) is 2.74. The Balaban J connectivity index is 2.25. The molecule has 0 unspecified atom stereocenters. The molecule has 4 heteroatoms. The number of nitrogens with two attached hydrogens (primary N) is 1. The molecule has 17 heavy (non-hydrogen) atoms. The molecule has 0 saturated heterocycles. The lowest BCUT2D eigenvalue weighted by Crippen LogP contribution is -1.99. The van der Waals surface area contributed by atoms with Gasteiger partial charge in [0.15, 0.2) is 5.82 Å². The van der Waals surface area contributed by atoms with Crippen LogP contribution in [0.1, 0.15) is 12.5 Å². The van der Waals surface area contributed by atoms with Crippen LogP contribution in [-0.2, 0) is 6.42 Å². The first-order valence-electron chi connectivity index (χ1n) is 5.46. The second kappa shape index (κ2) is 5.19. The Morgan fingerprint density at radius 1 is 1.35 bits per heavy atom. The Labute approximate surface area is 109 Å². The summed E-state index contributed by atoms with van der Waals surface area (Å²) in [5.74, 6) is 0.682. The normalized spacial score (nSPS) is 10.2. The van der Waals surface area contributed by atoms with Crippen LogP contribution in [-0.4, -0.2) is 4.98 Å². The molecular weight excluding hydrogens is 278 g/mol. The second-order valence-corrected chi connectivity index (χ2v) is 4.69. The molecule has 3 nitrogen and oxygen atoms in total. The van der Waals surface area contributed by atoms with Crippen LogP contribution in [0.2, 0.25) is 0 Å². The van der Waals surface area contributed by atoms with Crippen molar-refractivity contribution in [3.63, 3.8) is 0 Å². The van der Waals surface area contributed by atoms with Crippen LogP contribution in [0.4, 0.5) is 17.2 Å². The topological polar surface area (TPSA) is 50.9 Å². The van der Waals surface area contributed by atoms with E-state index >= 15 is 0 Å². The van der Waals surface area contributed by atoms with Crippen molar-refractivity contribution >= 4 is 33.1 Å². The van der Waals surface area contributed by atoms with Crippen molar-refractivity contribution in [3.8, 4) is 0 Å². The van der Waals surface area contributed by atoms with Gasteiger partial charge < -0.3 is 11.1 Å². The molecule has 3 N–H and O–H groups in total. The van der Waals surface area contributed by atoms with Crippen molar-refractivity contribution < 1.29 is 0 Å². The van der Waals surface area contributed by atoms with Crippen molar-refractivity contribution in [1.29, 1.82) is 0 Å². The predicted octanol–water partition coefficient (Wildman–Crippen LogP) is 3.73. The number of nitrogens with zero attached hydrogens (tertiary/aromatic N) is 1. The molecule has 0 aliphatic heterocycles. The minimum absolute atomic E-state index is 0.626. The maximum absolute atomic E-state index is 5.88. The molecule has 1 aromatic carbocycles. The van der Waals surface area contributed by atoms with Gasteiger partial charge in [-0.05, 0) is 46.1 Å². The third-order valence-electron chi connectivity index (χ3n) is 2.48. The van der Waals surface area contributed by atoms with Crippen LogP contribution >= 0.6 is 15.9 Å². The fraction of sp³-hybridized carbons (Fsp3) is 0.154. The monoisotopic (exact) mass is 291 g/mol. The van der Waals surface area contributed by atoms with Crippen LogP contribution in [0.15, 0.2) is 41.0 Å². The molecule has 0 fully saturated rings. The van der Waals surface area contributed by atoms with Crippen molar-refractivity contribution in [2.24, 2.45) is 0 Å². The number of anilines is 3. The maximum atomic E-state index is 5.88. The zero-order valence-electron chi connectivity index (χ0n) is 9.57. The van der Waals surface area contributed by atoms with E-state index in [4.69, 9.17) is 5.73 Å². The number of pyridine rings is 1. The zero-order chi connectivity index (χ0) is 12.3. The molecule has 0 aliphatic carbocycles. The number of aromatic nitrogens is 1. The second-order valence-electron chi connectivity index (χ2n) is 3.77. The minimum Gasteiger partial charge on any atom is -0.396 e. The van der Waals surface area contributed by atoms with Crippen LogP contribution < -0.4 is 11.1 Å². The number of nitrogen functional groups attached to an aromatic ring is 1. The van der Waals surface area contributed by atoms with Gasteiger partial charge in [0.1, 0.15) is 0 Å². The highest BCUT2D eigenvalue weighted by atomic mass is 79.9. The van der Waals surface area contributed by atoms with Gasteiger partial charge in [-0.25, -0.2) is 4.98 Å². The quantitative estimate of drug-likeness (QED) is 0.906. The highest BCUT2D eigenvalue weighted by Gasteiger charge is 2.02. The summed E-state index contributed by atoms with van der Waals surface area (Å²) in [5, 5.41) is 3.22. The number of benzene rings is 1. The molecule has 88 valence electrons. The first kappa shape index (κ1) is 11.9. The summed E-state index contributed by atoms with van der Waals surface area (Å²) in [6, 6.07) is 10.1. The van der Waals surface area contributed by atoms with Gasteiger partial charge in [-0.2, -0.15) is 0 Å². The standard InChI is InChI=1S/C13H14BrN3/c1-2-9-4-3-5-11(6-9)17-13-12(15)7-10(14)8-16-13/h3-8H,2,15H2,1H3,(H,16,17). The van der Waals surface area contributed by atoms with Gasteiger partial charge >= 0.3 is 0 Å². The number of hydrogen-bond acceptors (Lipinski definition) is 3. The summed E-state index contributed by atoms with van der Waals surface area (Å²) in [6.45, 7) is 2.13. The van der Waals surface area contributed by atoms with Crippen LogP contribution in [0, 0.1) is 0 Å². The molecule has 0 bridgehead atoms.